The molecule has 0 spiro atoms. The molecule has 0 aromatic heterocycles. The molecule has 1 unspecified atom stereocenters. The summed E-state index contributed by atoms with van der Waals surface area (Å²) in [4.78, 5) is 0. The van der Waals surface area contributed by atoms with Gasteiger partial charge in [0, 0.05) is 24.2 Å². The van der Waals surface area contributed by atoms with Crippen molar-refractivity contribution >= 4 is 11.6 Å². The smallest absolute Gasteiger partial charge is 0.119 e. The number of nitrogens with one attached hydrogen (secondary N) is 1. The van der Waals surface area contributed by atoms with Crippen molar-refractivity contribution in [2.75, 3.05) is 19.7 Å². The van der Waals surface area contributed by atoms with Gasteiger partial charge < -0.3 is 15.8 Å². The summed E-state index contributed by atoms with van der Waals surface area (Å²) in [5.41, 5.74) is 5.67. The third kappa shape index (κ3) is 5.39. The molecule has 96 valence electrons. The molecule has 0 aliphatic heterocycles. The Hall–Kier alpha value is -0.770. The number of hydrogen-bond acceptors (Lipinski definition) is 3. The van der Waals surface area contributed by atoms with Crippen molar-refractivity contribution in [3.05, 3.63) is 29.3 Å². The first-order valence-corrected chi connectivity index (χ1v) is 6.33. The first-order valence-electron chi connectivity index (χ1n) is 5.95. The Morgan fingerprint density at radius 1 is 1.29 bits per heavy atom. The van der Waals surface area contributed by atoms with Gasteiger partial charge in [0.25, 0.3) is 0 Å². The van der Waals surface area contributed by atoms with Crippen molar-refractivity contribution in [3.63, 3.8) is 0 Å². The summed E-state index contributed by atoms with van der Waals surface area (Å²) >= 11 is 5.79. The number of hydrogen-bond donors (Lipinski definition) is 2. The van der Waals surface area contributed by atoms with Crippen molar-refractivity contribution in [2.24, 2.45) is 11.7 Å². The molecule has 0 aliphatic rings. The van der Waals surface area contributed by atoms with Crippen molar-refractivity contribution in [3.8, 4) is 5.75 Å². The average molecular weight is 257 g/mol. The lowest BCUT2D eigenvalue weighted by Crippen LogP contribution is -2.42. The quantitative estimate of drug-likeness (QED) is 0.736. The molecule has 0 amide bonds. The average Bonchev–Trinajstić information content (AvgIpc) is 2.31. The van der Waals surface area contributed by atoms with Crippen molar-refractivity contribution < 1.29 is 4.74 Å². The van der Waals surface area contributed by atoms with Gasteiger partial charge in [-0.25, -0.2) is 0 Å². The Balaban J connectivity index is 2.22. The van der Waals surface area contributed by atoms with E-state index in [9.17, 15) is 0 Å². The highest BCUT2D eigenvalue weighted by molar-refractivity contribution is 6.30. The number of rotatable bonds is 7. The summed E-state index contributed by atoms with van der Waals surface area (Å²) in [5, 5.41) is 4.10. The molecule has 4 heteroatoms. The van der Waals surface area contributed by atoms with Gasteiger partial charge in [-0.05, 0) is 30.2 Å². The van der Waals surface area contributed by atoms with Crippen LogP contribution in [0.1, 0.15) is 13.8 Å². The number of ether oxygens (including phenoxy) is 1. The fourth-order valence-electron chi connectivity index (χ4n) is 1.54. The van der Waals surface area contributed by atoms with E-state index in [2.05, 4.69) is 19.2 Å². The minimum Gasteiger partial charge on any atom is -0.492 e. The van der Waals surface area contributed by atoms with E-state index in [1.54, 1.807) is 0 Å². The van der Waals surface area contributed by atoms with Gasteiger partial charge in [-0.1, -0.05) is 25.4 Å². The lowest BCUT2D eigenvalue weighted by atomic mass is 10.1. The molecule has 0 aliphatic carbocycles. The standard InChI is InChI=1S/C13H21ClN2O/c1-10(2)13(9-15)16-7-8-17-12-5-3-11(14)4-6-12/h3-6,10,13,16H,7-9,15H2,1-2H3. The minimum atomic E-state index is 0.351. The second-order valence-corrected chi connectivity index (χ2v) is 4.78. The molecule has 0 fully saturated rings. The first-order chi connectivity index (χ1) is 8.13. The monoisotopic (exact) mass is 256 g/mol. The lowest BCUT2D eigenvalue weighted by molar-refractivity contribution is 0.293. The fraction of sp³-hybridized carbons (Fsp3) is 0.538. The zero-order valence-electron chi connectivity index (χ0n) is 10.4. The maximum Gasteiger partial charge on any atom is 0.119 e. The van der Waals surface area contributed by atoms with Gasteiger partial charge in [0.1, 0.15) is 12.4 Å². The molecule has 17 heavy (non-hydrogen) atoms. The summed E-state index contributed by atoms with van der Waals surface area (Å²) in [7, 11) is 0. The predicted molar refractivity (Wildman–Crippen MR) is 72.6 cm³/mol. The van der Waals surface area contributed by atoms with Gasteiger partial charge in [0.2, 0.25) is 0 Å². The predicted octanol–water partition coefficient (Wildman–Crippen LogP) is 2.29. The van der Waals surface area contributed by atoms with Crippen LogP contribution in [0.4, 0.5) is 0 Å². The van der Waals surface area contributed by atoms with Crippen LogP contribution >= 0.6 is 11.6 Å². The van der Waals surface area contributed by atoms with E-state index < -0.39 is 0 Å². The Morgan fingerprint density at radius 2 is 1.94 bits per heavy atom. The highest BCUT2D eigenvalue weighted by Gasteiger charge is 2.09. The molecular weight excluding hydrogens is 236 g/mol. The molecule has 0 radical (unpaired) electrons. The molecular formula is C13H21ClN2O. The summed E-state index contributed by atoms with van der Waals surface area (Å²) in [6.45, 7) is 6.39. The second-order valence-electron chi connectivity index (χ2n) is 4.34. The first kappa shape index (κ1) is 14.3. The van der Waals surface area contributed by atoms with Crippen molar-refractivity contribution in [1.29, 1.82) is 0 Å². The van der Waals surface area contributed by atoms with E-state index in [0.717, 1.165) is 17.3 Å². The van der Waals surface area contributed by atoms with Crippen LogP contribution in [0, 0.1) is 5.92 Å². The Bertz CT molecular complexity index is 314. The van der Waals surface area contributed by atoms with Gasteiger partial charge >= 0.3 is 0 Å². The molecule has 1 atom stereocenters. The molecule has 3 nitrogen and oxygen atoms in total. The summed E-state index contributed by atoms with van der Waals surface area (Å²) in [6.07, 6.45) is 0. The molecule has 0 heterocycles. The van der Waals surface area contributed by atoms with Crippen LogP contribution in [0.3, 0.4) is 0 Å². The van der Waals surface area contributed by atoms with Crippen LogP contribution in [-0.4, -0.2) is 25.7 Å². The van der Waals surface area contributed by atoms with Crippen molar-refractivity contribution in [2.45, 2.75) is 19.9 Å². The lowest BCUT2D eigenvalue weighted by Gasteiger charge is -2.20. The van der Waals surface area contributed by atoms with Crippen LogP contribution in [0.2, 0.25) is 5.02 Å². The molecule has 0 saturated heterocycles. The fourth-order valence-corrected chi connectivity index (χ4v) is 1.66. The highest BCUT2D eigenvalue weighted by Crippen LogP contribution is 2.15. The summed E-state index contributed by atoms with van der Waals surface area (Å²) in [6, 6.07) is 7.72. The van der Waals surface area contributed by atoms with E-state index >= 15 is 0 Å². The van der Waals surface area contributed by atoms with Gasteiger partial charge in [0.05, 0.1) is 0 Å². The van der Waals surface area contributed by atoms with E-state index in [1.165, 1.54) is 0 Å². The zero-order valence-corrected chi connectivity index (χ0v) is 11.2. The summed E-state index contributed by atoms with van der Waals surface area (Å²) < 4.78 is 5.57. The maximum absolute atomic E-state index is 5.79. The van der Waals surface area contributed by atoms with Crippen LogP contribution in [0.15, 0.2) is 24.3 Å². The Labute approximate surface area is 108 Å². The third-order valence-electron chi connectivity index (χ3n) is 2.65. The van der Waals surface area contributed by atoms with Crippen LogP contribution < -0.4 is 15.8 Å². The molecule has 3 N–H and O–H groups in total. The molecule has 1 aromatic rings. The van der Waals surface area contributed by atoms with Gasteiger partial charge in [-0.15, -0.1) is 0 Å². The van der Waals surface area contributed by atoms with Gasteiger partial charge in [-0.3, -0.25) is 0 Å². The molecule has 0 saturated carbocycles. The topological polar surface area (TPSA) is 47.3 Å². The normalized spacial score (nSPS) is 12.8. The molecule has 1 rings (SSSR count). The van der Waals surface area contributed by atoms with Gasteiger partial charge in [0.15, 0.2) is 0 Å². The zero-order chi connectivity index (χ0) is 12.7. The second kappa shape index (κ2) is 7.54. The number of halogens is 1. The summed E-state index contributed by atoms with van der Waals surface area (Å²) in [5.74, 6) is 1.38. The Morgan fingerprint density at radius 3 is 2.47 bits per heavy atom. The SMILES string of the molecule is CC(C)C(CN)NCCOc1ccc(Cl)cc1. The van der Waals surface area contributed by atoms with Crippen LogP contribution in [-0.2, 0) is 0 Å². The number of benzene rings is 1. The van der Waals surface area contributed by atoms with Crippen molar-refractivity contribution in [1.82, 2.24) is 5.32 Å². The maximum atomic E-state index is 5.79. The van der Waals surface area contributed by atoms with Crippen LogP contribution in [0.5, 0.6) is 5.75 Å². The van der Waals surface area contributed by atoms with Gasteiger partial charge in [-0.2, -0.15) is 0 Å². The molecule has 0 bridgehead atoms. The largest absolute Gasteiger partial charge is 0.492 e. The Kier molecular flexibility index (Phi) is 6.34. The third-order valence-corrected chi connectivity index (χ3v) is 2.90. The van der Waals surface area contributed by atoms with E-state index in [4.69, 9.17) is 22.1 Å². The molecule has 1 aromatic carbocycles. The highest BCUT2D eigenvalue weighted by atomic mass is 35.5. The van der Waals surface area contributed by atoms with E-state index in [1.807, 2.05) is 24.3 Å². The number of nitrogens with two attached hydrogens (primary N) is 1. The van der Waals surface area contributed by atoms with E-state index in [0.29, 0.717) is 25.1 Å². The van der Waals surface area contributed by atoms with Crippen LogP contribution in [0.25, 0.3) is 0 Å². The van der Waals surface area contributed by atoms with E-state index in [-0.39, 0.29) is 0 Å². The minimum absolute atomic E-state index is 0.351.